The van der Waals surface area contributed by atoms with Crippen molar-refractivity contribution in [1.29, 1.82) is 0 Å². The third kappa shape index (κ3) is 5.79. The smallest absolute Gasteiger partial charge is 0.309 e. The predicted molar refractivity (Wildman–Crippen MR) is 102 cm³/mol. The molecule has 130 valence electrons. The van der Waals surface area contributed by atoms with Crippen molar-refractivity contribution in [3.8, 4) is 0 Å². The Labute approximate surface area is 149 Å². The van der Waals surface area contributed by atoms with Gasteiger partial charge in [-0.05, 0) is 77.0 Å². The number of carbonyl (C=O) groups is 1. The Morgan fingerprint density at radius 1 is 0.958 bits per heavy atom. The van der Waals surface area contributed by atoms with E-state index in [-0.39, 0.29) is 0 Å². The van der Waals surface area contributed by atoms with Crippen LogP contribution in [0.15, 0.2) is 36.4 Å². The van der Waals surface area contributed by atoms with Crippen molar-refractivity contribution < 1.29 is 9.90 Å². The monoisotopic (exact) mass is 344 g/mol. The third-order valence-corrected chi connectivity index (χ3v) is 5.74. The summed E-state index contributed by atoms with van der Waals surface area (Å²) >= 11 is 1.88. The topological polar surface area (TPSA) is 37.3 Å². The Bertz CT molecular complexity index is 653. The quantitative estimate of drug-likeness (QED) is 0.637. The lowest BCUT2D eigenvalue weighted by Gasteiger charge is -2.18. The van der Waals surface area contributed by atoms with Crippen LogP contribution in [0, 0.1) is 12.3 Å². The molecule has 3 heteroatoms. The van der Waals surface area contributed by atoms with Crippen molar-refractivity contribution in [3.05, 3.63) is 57.3 Å². The number of carboxylic acids is 1. The van der Waals surface area contributed by atoms with Gasteiger partial charge in [-0.2, -0.15) is 0 Å². The third-order valence-electron chi connectivity index (χ3n) is 4.53. The summed E-state index contributed by atoms with van der Waals surface area (Å²) in [5.41, 5.74) is 2.11. The number of aryl methyl sites for hydroxylation is 4. The highest BCUT2D eigenvalue weighted by Gasteiger charge is 2.26. The first-order valence-corrected chi connectivity index (χ1v) is 9.55. The number of benzene rings is 1. The van der Waals surface area contributed by atoms with Crippen LogP contribution in [0.3, 0.4) is 0 Å². The second-order valence-corrected chi connectivity index (χ2v) is 8.50. The van der Waals surface area contributed by atoms with Crippen LogP contribution in [-0.2, 0) is 24.1 Å². The van der Waals surface area contributed by atoms with Gasteiger partial charge in [0.1, 0.15) is 0 Å². The molecule has 0 bridgehead atoms. The molecule has 0 fully saturated rings. The normalized spacial score (nSPS) is 11.6. The molecular formula is C21H28O2S. The summed E-state index contributed by atoms with van der Waals surface area (Å²) in [5.74, 6) is -0.703. The van der Waals surface area contributed by atoms with Crippen LogP contribution in [0.25, 0.3) is 0 Å². The van der Waals surface area contributed by atoms with Crippen molar-refractivity contribution in [3.63, 3.8) is 0 Å². The van der Waals surface area contributed by atoms with Crippen molar-refractivity contribution in [1.82, 2.24) is 0 Å². The second kappa shape index (κ2) is 8.48. The van der Waals surface area contributed by atoms with E-state index in [1.807, 2.05) is 11.3 Å². The molecular weight excluding hydrogens is 316 g/mol. The molecule has 0 aliphatic carbocycles. The van der Waals surface area contributed by atoms with Gasteiger partial charge < -0.3 is 5.11 Å². The maximum atomic E-state index is 11.1. The van der Waals surface area contributed by atoms with E-state index in [4.69, 9.17) is 5.11 Å². The first kappa shape index (κ1) is 18.7. The van der Waals surface area contributed by atoms with E-state index in [0.29, 0.717) is 0 Å². The zero-order chi connectivity index (χ0) is 17.6. The number of rotatable bonds is 9. The lowest BCUT2D eigenvalue weighted by molar-refractivity contribution is -0.147. The van der Waals surface area contributed by atoms with Crippen molar-refractivity contribution in [2.24, 2.45) is 5.41 Å². The molecule has 2 rings (SSSR count). The molecule has 0 radical (unpaired) electrons. The Hall–Kier alpha value is -1.61. The molecule has 0 aliphatic rings. The number of thiophene rings is 1. The standard InChI is InChI=1S/C21H28O2S/c1-16-9-11-17(12-10-16)6-4-7-18-13-14-19(24-18)8-5-15-21(2,3)20(22)23/h9-14H,4-8,15H2,1-3H3,(H,22,23). The minimum absolute atomic E-state index is 0.617. The fourth-order valence-electron chi connectivity index (χ4n) is 2.72. The lowest BCUT2D eigenvalue weighted by atomic mass is 9.87. The van der Waals surface area contributed by atoms with Crippen molar-refractivity contribution in [2.45, 2.75) is 59.3 Å². The van der Waals surface area contributed by atoms with E-state index in [0.717, 1.165) is 32.1 Å². The summed E-state index contributed by atoms with van der Waals surface area (Å²) in [4.78, 5) is 13.9. The van der Waals surface area contributed by atoms with Gasteiger partial charge in [-0.3, -0.25) is 4.79 Å². The van der Waals surface area contributed by atoms with Gasteiger partial charge in [0.25, 0.3) is 0 Å². The van der Waals surface area contributed by atoms with Gasteiger partial charge in [0.15, 0.2) is 0 Å². The largest absolute Gasteiger partial charge is 0.481 e. The predicted octanol–water partition coefficient (Wildman–Crippen LogP) is 5.67. The minimum Gasteiger partial charge on any atom is -0.481 e. The molecule has 1 N–H and O–H groups in total. The molecule has 24 heavy (non-hydrogen) atoms. The van der Waals surface area contributed by atoms with Crippen LogP contribution in [-0.4, -0.2) is 11.1 Å². The molecule has 0 atom stereocenters. The molecule has 2 aromatic rings. The number of aliphatic carboxylic acids is 1. The molecule has 0 amide bonds. The Morgan fingerprint density at radius 2 is 1.54 bits per heavy atom. The Kier molecular flexibility index (Phi) is 6.61. The Balaban J connectivity index is 1.73. The second-order valence-electron chi connectivity index (χ2n) is 7.25. The van der Waals surface area contributed by atoms with Gasteiger partial charge in [-0.25, -0.2) is 0 Å². The highest BCUT2D eigenvalue weighted by atomic mass is 32.1. The van der Waals surface area contributed by atoms with Crippen LogP contribution in [0.1, 0.15) is 54.0 Å². The van der Waals surface area contributed by atoms with Crippen LogP contribution in [0.4, 0.5) is 0 Å². The van der Waals surface area contributed by atoms with Crippen LogP contribution >= 0.6 is 11.3 Å². The van der Waals surface area contributed by atoms with E-state index >= 15 is 0 Å². The van der Waals surface area contributed by atoms with E-state index in [9.17, 15) is 4.79 Å². The Morgan fingerprint density at radius 3 is 2.12 bits per heavy atom. The van der Waals surface area contributed by atoms with Crippen LogP contribution in [0.2, 0.25) is 0 Å². The first-order chi connectivity index (χ1) is 11.4. The van der Waals surface area contributed by atoms with E-state index in [2.05, 4.69) is 43.3 Å². The number of hydrogen-bond acceptors (Lipinski definition) is 2. The van der Waals surface area contributed by atoms with Gasteiger partial charge >= 0.3 is 5.97 Å². The molecule has 1 aromatic carbocycles. The van der Waals surface area contributed by atoms with Gasteiger partial charge in [0.05, 0.1) is 5.41 Å². The van der Waals surface area contributed by atoms with Crippen LogP contribution in [0.5, 0.6) is 0 Å². The fraction of sp³-hybridized carbons (Fsp3) is 0.476. The first-order valence-electron chi connectivity index (χ1n) is 8.73. The highest BCUT2D eigenvalue weighted by molar-refractivity contribution is 7.11. The summed E-state index contributed by atoms with van der Waals surface area (Å²) in [5, 5.41) is 9.15. The average molecular weight is 345 g/mol. The average Bonchev–Trinajstić information content (AvgIpc) is 2.97. The molecule has 1 heterocycles. The summed E-state index contributed by atoms with van der Waals surface area (Å²) < 4.78 is 0. The molecule has 1 aromatic heterocycles. The summed E-state index contributed by atoms with van der Waals surface area (Å²) in [6.07, 6.45) is 6.07. The van der Waals surface area contributed by atoms with Gasteiger partial charge in [-0.15, -0.1) is 11.3 Å². The van der Waals surface area contributed by atoms with Gasteiger partial charge in [0.2, 0.25) is 0 Å². The van der Waals surface area contributed by atoms with Crippen LogP contribution < -0.4 is 0 Å². The molecule has 0 saturated carbocycles. The minimum atomic E-state index is -0.703. The van der Waals surface area contributed by atoms with Crippen molar-refractivity contribution >= 4 is 17.3 Å². The molecule has 0 unspecified atom stereocenters. The van der Waals surface area contributed by atoms with Gasteiger partial charge in [0, 0.05) is 9.75 Å². The summed E-state index contributed by atoms with van der Waals surface area (Å²) in [6, 6.07) is 13.2. The molecule has 0 spiro atoms. The lowest BCUT2D eigenvalue weighted by Crippen LogP contribution is -2.23. The van der Waals surface area contributed by atoms with E-state index in [1.165, 1.54) is 27.3 Å². The zero-order valence-electron chi connectivity index (χ0n) is 15.0. The SMILES string of the molecule is Cc1ccc(CCCc2ccc(CCCC(C)(C)C(=O)O)s2)cc1. The van der Waals surface area contributed by atoms with Crippen molar-refractivity contribution in [2.75, 3.05) is 0 Å². The van der Waals surface area contributed by atoms with Gasteiger partial charge in [-0.1, -0.05) is 29.8 Å². The highest BCUT2D eigenvalue weighted by Crippen LogP contribution is 2.26. The summed E-state index contributed by atoms with van der Waals surface area (Å²) in [6.45, 7) is 5.73. The maximum Gasteiger partial charge on any atom is 0.309 e. The maximum absolute atomic E-state index is 11.1. The van der Waals surface area contributed by atoms with E-state index < -0.39 is 11.4 Å². The zero-order valence-corrected chi connectivity index (χ0v) is 15.8. The summed E-state index contributed by atoms with van der Waals surface area (Å²) in [7, 11) is 0. The van der Waals surface area contributed by atoms with E-state index in [1.54, 1.807) is 13.8 Å². The number of carboxylic acid groups (broad SMARTS) is 1. The molecule has 0 saturated heterocycles. The fourth-order valence-corrected chi connectivity index (χ4v) is 3.83. The number of hydrogen-bond donors (Lipinski definition) is 1. The molecule has 2 nitrogen and oxygen atoms in total. The molecule has 0 aliphatic heterocycles.